The number of sulfonamides is 1. The molecule has 0 aromatic carbocycles. The first-order chi connectivity index (χ1) is 9.72. The number of thiophene rings is 1. The molecule has 21 heavy (non-hydrogen) atoms. The highest BCUT2D eigenvalue weighted by Crippen LogP contribution is 2.42. The van der Waals surface area contributed by atoms with Gasteiger partial charge in [0.1, 0.15) is 8.42 Å². The third-order valence-electron chi connectivity index (χ3n) is 3.18. The Hall–Kier alpha value is -0.740. The van der Waals surface area contributed by atoms with Crippen LogP contribution in [0.4, 0.5) is 0 Å². The van der Waals surface area contributed by atoms with Crippen molar-refractivity contribution in [2.24, 2.45) is 5.14 Å². The standard InChI is InChI=1S/C12H18N2O4S3/c1-3-5-8-10-9(14-4-2)6-7-20(15,16)12(10)19-11(8)21(13,17)18/h6-7,9,14H,3-5H2,1-2H3,(H2,13,17,18). The zero-order valence-electron chi connectivity index (χ0n) is 11.8. The van der Waals surface area contributed by atoms with Gasteiger partial charge in [0.15, 0.2) is 0 Å². The Bertz CT molecular complexity index is 776. The monoisotopic (exact) mass is 350 g/mol. The molecule has 6 nitrogen and oxygen atoms in total. The van der Waals surface area contributed by atoms with Crippen molar-refractivity contribution < 1.29 is 16.8 Å². The molecule has 118 valence electrons. The minimum atomic E-state index is -3.94. The van der Waals surface area contributed by atoms with E-state index in [1.54, 1.807) is 6.08 Å². The first-order valence-corrected chi connectivity index (χ1v) is 10.5. The van der Waals surface area contributed by atoms with Crippen LogP contribution in [0.25, 0.3) is 0 Å². The fourth-order valence-electron chi connectivity index (χ4n) is 2.41. The molecular formula is C12H18N2O4S3. The van der Waals surface area contributed by atoms with E-state index >= 15 is 0 Å². The van der Waals surface area contributed by atoms with Crippen LogP contribution >= 0.6 is 11.3 Å². The molecule has 3 N–H and O–H groups in total. The Labute approximate surface area is 129 Å². The molecular weight excluding hydrogens is 332 g/mol. The van der Waals surface area contributed by atoms with Crippen molar-refractivity contribution in [2.75, 3.05) is 6.54 Å². The summed E-state index contributed by atoms with van der Waals surface area (Å²) in [6.45, 7) is 4.45. The SMILES string of the molecule is CCCc1c(S(N)(=O)=O)sc2c1C(NCC)C=CS2(=O)=O. The summed E-state index contributed by atoms with van der Waals surface area (Å²) in [4.78, 5) is 0. The van der Waals surface area contributed by atoms with Crippen LogP contribution in [-0.2, 0) is 26.3 Å². The molecule has 2 heterocycles. The molecule has 0 radical (unpaired) electrons. The summed E-state index contributed by atoms with van der Waals surface area (Å²) in [5.74, 6) is 0. The Morgan fingerprint density at radius 1 is 1.38 bits per heavy atom. The zero-order chi connectivity index (χ0) is 15.8. The van der Waals surface area contributed by atoms with Crippen molar-refractivity contribution >= 4 is 31.2 Å². The largest absolute Gasteiger partial charge is 0.307 e. The maximum absolute atomic E-state index is 12.2. The van der Waals surface area contributed by atoms with Crippen molar-refractivity contribution in [1.82, 2.24) is 5.32 Å². The van der Waals surface area contributed by atoms with Gasteiger partial charge in [-0.2, -0.15) is 0 Å². The molecule has 0 amide bonds. The highest BCUT2D eigenvalue weighted by Gasteiger charge is 2.35. The van der Waals surface area contributed by atoms with Crippen molar-refractivity contribution in [3.8, 4) is 0 Å². The highest BCUT2D eigenvalue weighted by atomic mass is 32.3. The van der Waals surface area contributed by atoms with Gasteiger partial charge in [-0.1, -0.05) is 26.3 Å². The van der Waals surface area contributed by atoms with Gasteiger partial charge in [0.05, 0.1) is 6.04 Å². The fourth-order valence-corrected chi connectivity index (χ4v) is 6.62. The second-order valence-electron chi connectivity index (χ2n) is 4.77. The van der Waals surface area contributed by atoms with Gasteiger partial charge in [-0.3, -0.25) is 0 Å². The quantitative estimate of drug-likeness (QED) is 0.832. The zero-order valence-corrected chi connectivity index (χ0v) is 14.2. The number of fused-ring (bicyclic) bond motifs is 1. The summed E-state index contributed by atoms with van der Waals surface area (Å²) in [6, 6.07) is -0.304. The summed E-state index contributed by atoms with van der Waals surface area (Å²) >= 11 is 0.753. The Kier molecular flexibility index (Phi) is 4.60. The predicted molar refractivity (Wildman–Crippen MR) is 82.4 cm³/mol. The third-order valence-corrected chi connectivity index (χ3v) is 7.93. The number of nitrogens with one attached hydrogen (secondary N) is 1. The molecule has 0 saturated carbocycles. The van der Waals surface area contributed by atoms with Crippen LogP contribution in [0.1, 0.15) is 37.4 Å². The Morgan fingerprint density at radius 2 is 2.05 bits per heavy atom. The topological polar surface area (TPSA) is 106 Å². The Balaban J connectivity index is 2.78. The van der Waals surface area contributed by atoms with Crippen molar-refractivity contribution in [2.45, 2.75) is 41.1 Å². The summed E-state index contributed by atoms with van der Waals surface area (Å²) in [5, 5.41) is 9.54. The van der Waals surface area contributed by atoms with E-state index in [0.717, 1.165) is 16.7 Å². The van der Waals surface area contributed by atoms with Gasteiger partial charge in [-0.05, 0) is 18.5 Å². The van der Waals surface area contributed by atoms with Crippen LogP contribution in [0.3, 0.4) is 0 Å². The van der Waals surface area contributed by atoms with E-state index in [-0.39, 0.29) is 14.5 Å². The first-order valence-electron chi connectivity index (χ1n) is 6.57. The molecule has 1 aromatic rings. The van der Waals surface area contributed by atoms with Gasteiger partial charge in [0.25, 0.3) is 0 Å². The van der Waals surface area contributed by atoms with Crippen LogP contribution in [-0.4, -0.2) is 23.4 Å². The number of likely N-dealkylation sites (N-methyl/N-ethyl adjacent to an activating group) is 1. The van der Waals surface area contributed by atoms with Crippen molar-refractivity contribution in [3.05, 3.63) is 22.6 Å². The molecule has 2 rings (SSSR count). The summed E-state index contributed by atoms with van der Waals surface area (Å²) in [7, 11) is -7.54. The minimum absolute atomic E-state index is 0.0375. The summed E-state index contributed by atoms with van der Waals surface area (Å²) in [6.07, 6.45) is 2.73. The predicted octanol–water partition coefficient (Wildman–Crippen LogP) is 1.30. The average Bonchev–Trinajstić information content (AvgIpc) is 2.75. The maximum atomic E-state index is 12.2. The lowest BCUT2D eigenvalue weighted by molar-refractivity contribution is 0.588. The lowest BCUT2D eigenvalue weighted by atomic mass is 10.0. The average molecular weight is 350 g/mol. The Morgan fingerprint density at radius 3 is 2.57 bits per heavy atom. The van der Waals surface area contributed by atoms with Gasteiger partial charge < -0.3 is 5.32 Å². The van der Waals surface area contributed by atoms with E-state index < -0.39 is 19.9 Å². The number of sulfone groups is 1. The number of hydrogen-bond donors (Lipinski definition) is 2. The molecule has 1 aliphatic heterocycles. The number of rotatable bonds is 5. The van der Waals surface area contributed by atoms with Crippen LogP contribution < -0.4 is 10.5 Å². The molecule has 0 saturated heterocycles. The van der Waals surface area contributed by atoms with Gasteiger partial charge >= 0.3 is 0 Å². The smallest absolute Gasteiger partial charge is 0.247 e. The normalized spacial score (nSPS) is 20.4. The van der Waals surface area contributed by atoms with E-state index in [4.69, 9.17) is 5.14 Å². The molecule has 9 heteroatoms. The summed E-state index contributed by atoms with van der Waals surface area (Å²) in [5.41, 5.74) is 1.06. The lowest BCUT2D eigenvalue weighted by Crippen LogP contribution is -2.24. The maximum Gasteiger partial charge on any atom is 0.247 e. The van der Waals surface area contributed by atoms with Crippen LogP contribution in [0.5, 0.6) is 0 Å². The van der Waals surface area contributed by atoms with Gasteiger partial charge in [-0.15, -0.1) is 11.3 Å². The fraction of sp³-hybridized carbons (Fsp3) is 0.500. The summed E-state index contributed by atoms with van der Waals surface area (Å²) < 4.78 is 48.0. The van der Waals surface area contributed by atoms with Crippen LogP contribution in [0.15, 0.2) is 19.9 Å². The van der Waals surface area contributed by atoms with Gasteiger partial charge in [-0.25, -0.2) is 22.0 Å². The third kappa shape index (κ3) is 3.07. The van der Waals surface area contributed by atoms with Crippen molar-refractivity contribution in [3.63, 3.8) is 0 Å². The molecule has 1 aliphatic rings. The van der Waals surface area contributed by atoms with E-state index in [1.165, 1.54) is 0 Å². The molecule has 0 spiro atoms. The highest BCUT2D eigenvalue weighted by molar-refractivity contribution is 7.97. The number of hydrogen-bond acceptors (Lipinski definition) is 6. The van der Waals surface area contributed by atoms with E-state index in [0.29, 0.717) is 30.5 Å². The van der Waals surface area contributed by atoms with E-state index in [2.05, 4.69) is 5.32 Å². The molecule has 1 aromatic heterocycles. The second kappa shape index (κ2) is 5.81. The second-order valence-corrected chi connectivity index (χ2v) is 9.58. The van der Waals surface area contributed by atoms with E-state index in [9.17, 15) is 16.8 Å². The lowest BCUT2D eigenvalue weighted by Gasteiger charge is -2.20. The van der Waals surface area contributed by atoms with E-state index in [1.807, 2.05) is 13.8 Å². The van der Waals surface area contributed by atoms with Gasteiger partial charge in [0.2, 0.25) is 19.9 Å². The first kappa shape index (κ1) is 16.6. The number of nitrogens with two attached hydrogens (primary N) is 1. The number of primary sulfonamides is 1. The van der Waals surface area contributed by atoms with Crippen molar-refractivity contribution in [1.29, 1.82) is 0 Å². The van der Waals surface area contributed by atoms with Gasteiger partial charge in [0, 0.05) is 11.0 Å². The molecule has 1 atom stereocenters. The minimum Gasteiger partial charge on any atom is -0.307 e. The molecule has 0 bridgehead atoms. The van der Waals surface area contributed by atoms with Crippen LogP contribution in [0, 0.1) is 0 Å². The molecule has 0 fully saturated rings. The van der Waals surface area contributed by atoms with Crippen LogP contribution in [0.2, 0.25) is 0 Å². The molecule has 1 unspecified atom stereocenters. The molecule has 0 aliphatic carbocycles.